The lowest BCUT2D eigenvalue weighted by Crippen LogP contribution is -2.23. The van der Waals surface area contributed by atoms with E-state index in [9.17, 15) is 4.39 Å². The molecule has 1 radical (unpaired) electrons. The van der Waals surface area contributed by atoms with Gasteiger partial charge in [0.25, 0.3) is 0 Å². The molecule has 2 heteroatoms. The van der Waals surface area contributed by atoms with Crippen LogP contribution >= 0.6 is 0 Å². The lowest BCUT2D eigenvalue weighted by Gasteiger charge is -1.81. The minimum absolute atomic E-state index is 0.262. The van der Waals surface area contributed by atoms with Crippen LogP contribution in [0.25, 0.3) is 0 Å². The van der Waals surface area contributed by atoms with Crippen molar-refractivity contribution < 1.29 is 8.96 Å². The van der Waals surface area contributed by atoms with E-state index in [1.54, 1.807) is 12.3 Å². The molecule has 0 saturated heterocycles. The van der Waals surface area contributed by atoms with Crippen LogP contribution < -0.4 is 4.57 Å². The zero-order valence-corrected chi connectivity index (χ0v) is 4.34. The molecule has 0 amide bonds. The standard InChI is InChI=1S/C6H6FN/c1-8-4-2-3-6(7)5-8/h2-5H,1H2/q+1. The molecule has 1 heterocycles. The molecule has 1 aromatic heterocycles. The zero-order valence-electron chi connectivity index (χ0n) is 4.34. The Morgan fingerprint density at radius 2 is 2.38 bits per heavy atom. The van der Waals surface area contributed by atoms with E-state index in [2.05, 4.69) is 7.05 Å². The fourth-order valence-electron chi connectivity index (χ4n) is 0.490. The topological polar surface area (TPSA) is 3.88 Å². The highest BCUT2D eigenvalue weighted by molar-refractivity contribution is 4.87. The molecule has 1 rings (SSSR count). The second-order valence-electron chi connectivity index (χ2n) is 1.54. The highest BCUT2D eigenvalue weighted by Gasteiger charge is 1.91. The monoisotopic (exact) mass is 111 g/mol. The zero-order chi connectivity index (χ0) is 5.98. The maximum absolute atomic E-state index is 12.1. The quantitative estimate of drug-likeness (QED) is 0.435. The fraction of sp³-hybridized carbons (Fsp3) is 0. The second kappa shape index (κ2) is 1.90. The summed E-state index contributed by atoms with van der Waals surface area (Å²) in [5.41, 5.74) is 0. The Hall–Kier alpha value is -0.920. The molecule has 0 atom stereocenters. The first-order chi connectivity index (χ1) is 3.79. The number of rotatable bonds is 0. The summed E-state index contributed by atoms with van der Waals surface area (Å²) in [7, 11) is 3.46. The summed E-state index contributed by atoms with van der Waals surface area (Å²) in [5, 5.41) is 0. The van der Waals surface area contributed by atoms with Gasteiger partial charge >= 0.3 is 0 Å². The van der Waals surface area contributed by atoms with Gasteiger partial charge < -0.3 is 0 Å². The molecule has 0 aliphatic carbocycles. The maximum atomic E-state index is 12.1. The average molecular weight is 111 g/mol. The molecule has 0 aliphatic rings. The smallest absolute Gasteiger partial charge is 0.200 e. The van der Waals surface area contributed by atoms with Crippen molar-refractivity contribution in [1.82, 2.24) is 0 Å². The van der Waals surface area contributed by atoms with Crippen LogP contribution in [0.5, 0.6) is 0 Å². The van der Waals surface area contributed by atoms with E-state index in [1.807, 2.05) is 0 Å². The summed E-state index contributed by atoms with van der Waals surface area (Å²) in [6, 6.07) is 2.98. The number of aromatic nitrogens is 1. The third-order valence-electron chi connectivity index (χ3n) is 0.822. The molecule has 41 valence electrons. The van der Waals surface area contributed by atoms with Gasteiger partial charge in [-0.3, -0.25) is 0 Å². The van der Waals surface area contributed by atoms with Crippen molar-refractivity contribution in [2.75, 3.05) is 0 Å². The van der Waals surface area contributed by atoms with Gasteiger partial charge in [0.1, 0.15) is 0 Å². The first-order valence-electron chi connectivity index (χ1n) is 2.27. The number of hydrogen-bond acceptors (Lipinski definition) is 0. The average Bonchev–Trinajstić information content (AvgIpc) is 1.64. The van der Waals surface area contributed by atoms with Crippen LogP contribution in [0.1, 0.15) is 0 Å². The largest absolute Gasteiger partial charge is 0.206 e. The van der Waals surface area contributed by atoms with Crippen molar-refractivity contribution in [2.45, 2.75) is 0 Å². The van der Waals surface area contributed by atoms with Gasteiger partial charge in [0.05, 0.1) is 0 Å². The summed E-state index contributed by atoms with van der Waals surface area (Å²) in [6.45, 7) is 0. The lowest BCUT2D eigenvalue weighted by molar-refractivity contribution is -0.614. The van der Waals surface area contributed by atoms with Crippen LogP contribution in [0.4, 0.5) is 4.39 Å². The van der Waals surface area contributed by atoms with Gasteiger partial charge in [-0.2, -0.15) is 4.57 Å². The number of hydrogen-bond donors (Lipinski definition) is 0. The third-order valence-corrected chi connectivity index (χ3v) is 0.822. The van der Waals surface area contributed by atoms with Crippen molar-refractivity contribution >= 4 is 0 Å². The SMILES string of the molecule is [CH2][n+]1cccc(F)c1. The van der Waals surface area contributed by atoms with E-state index in [1.165, 1.54) is 16.8 Å². The molecule has 0 bridgehead atoms. The third kappa shape index (κ3) is 1.03. The maximum Gasteiger partial charge on any atom is 0.206 e. The van der Waals surface area contributed by atoms with Crippen LogP contribution in [0.2, 0.25) is 0 Å². The molecular formula is C6H6FN+. The molecule has 0 N–H and O–H groups in total. The summed E-state index contributed by atoms with van der Waals surface area (Å²) in [4.78, 5) is 0. The summed E-state index contributed by atoms with van der Waals surface area (Å²) in [5.74, 6) is -0.262. The van der Waals surface area contributed by atoms with Gasteiger partial charge in [-0.25, -0.2) is 4.39 Å². The molecule has 1 nitrogen and oxygen atoms in total. The lowest BCUT2D eigenvalue weighted by atomic mass is 10.5. The molecule has 8 heavy (non-hydrogen) atoms. The van der Waals surface area contributed by atoms with Gasteiger partial charge in [0.2, 0.25) is 13.2 Å². The Morgan fingerprint density at radius 1 is 1.62 bits per heavy atom. The number of pyridine rings is 1. The fourth-order valence-corrected chi connectivity index (χ4v) is 0.490. The van der Waals surface area contributed by atoms with Gasteiger partial charge in [0.15, 0.2) is 12.0 Å². The second-order valence-corrected chi connectivity index (χ2v) is 1.54. The van der Waals surface area contributed by atoms with Crippen molar-refractivity contribution in [1.29, 1.82) is 0 Å². The Labute approximate surface area is 47.4 Å². The van der Waals surface area contributed by atoms with Gasteiger partial charge in [-0.1, -0.05) is 0 Å². The van der Waals surface area contributed by atoms with Crippen LogP contribution in [0.15, 0.2) is 24.5 Å². The molecule has 0 aliphatic heterocycles. The highest BCUT2D eigenvalue weighted by Crippen LogP contribution is 1.86. The normalized spacial score (nSPS) is 9.25. The Kier molecular flexibility index (Phi) is 1.24. The van der Waals surface area contributed by atoms with E-state index in [0.29, 0.717) is 0 Å². The van der Waals surface area contributed by atoms with Crippen molar-refractivity contribution in [3.05, 3.63) is 37.4 Å². The first-order valence-corrected chi connectivity index (χ1v) is 2.27. The van der Waals surface area contributed by atoms with E-state index >= 15 is 0 Å². The van der Waals surface area contributed by atoms with E-state index in [-0.39, 0.29) is 5.82 Å². The van der Waals surface area contributed by atoms with E-state index < -0.39 is 0 Å². The Bertz CT molecular complexity index is 168. The van der Waals surface area contributed by atoms with E-state index in [4.69, 9.17) is 0 Å². The Morgan fingerprint density at radius 3 is 2.75 bits per heavy atom. The first kappa shape index (κ1) is 5.22. The predicted octanol–water partition coefficient (Wildman–Crippen LogP) is 0.753. The predicted molar refractivity (Wildman–Crippen MR) is 27.3 cm³/mol. The summed E-state index contributed by atoms with van der Waals surface area (Å²) < 4.78 is 13.5. The molecule has 0 aromatic carbocycles. The van der Waals surface area contributed by atoms with Crippen molar-refractivity contribution in [3.8, 4) is 0 Å². The van der Waals surface area contributed by atoms with Gasteiger partial charge in [-0.15, -0.1) is 0 Å². The Balaban J connectivity index is 3.08. The molecular weight excluding hydrogens is 105 g/mol. The molecule has 0 unspecified atom stereocenters. The summed E-state index contributed by atoms with van der Waals surface area (Å²) >= 11 is 0. The van der Waals surface area contributed by atoms with Crippen molar-refractivity contribution in [2.24, 2.45) is 0 Å². The number of nitrogens with zero attached hydrogens (tertiary/aromatic N) is 1. The van der Waals surface area contributed by atoms with Crippen LogP contribution in [0, 0.1) is 12.9 Å². The minimum Gasteiger partial charge on any atom is -0.200 e. The van der Waals surface area contributed by atoms with Gasteiger partial charge in [0, 0.05) is 6.07 Å². The van der Waals surface area contributed by atoms with Crippen LogP contribution in [-0.4, -0.2) is 0 Å². The number of halogens is 1. The molecule has 0 saturated carbocycles. The molecule has 0 fully saturated rings. The molecule has 0 spiro atoms. The highest BCUT2D eigenvalue weighted by atomic mass is 19.1. The molecule has 1 aromatic rings. The van der Waals surface area contributed by atoms with Crippen LogP contribution in [-0.2, 0) is 0 Å². The van der Waals surface area contributed by atoms with Crippen LogP contribution in [0.3, 0.4) is 0 Å². The van der Waals surface area contributed by atoms with Crippen molar-refractivity contribution in [3.63, 3.8) is 0 Å². The summed E-state index contributed by atoms with van der Waals surface area (Å²) in [6.07, 6.45) is 2.98. The van der Waals surface area contributed by atoms with Gasteiger partial charge in [-0.05, 0) is 6.07 Å². The minimum atomic E-state index is -0.262. The van der Waals surface area contributed by atoms with E-state index in [0.717, 1.165) is 0 Å².